The Morgan fingerprint density at radius 2 is 1.53 bits per heavy atom. The zero-order valence-corrected chi connectivity index (χ0v) is 21.0. The Morgan fingerprint density at radius 1 is 0.971 bits per heavy atom. The molecule has 0 atom stereocenters. The molecule has 1 saturated carbocycles. The highest BCUT2D eigenvalue weighted by atomic mass is 35.5. The minimum Gasteiger partial charge on any atom is -0.494 e. The van der Waals surface area contributed by atoms with Crippen molar-refractivity contribution >= 4 is 68.0 Å². The van der Waals surface area contributed by atoms with Crippen LogP contribution in [0.5, 0.6) is 5.75 Å². The molecular formula is C22H19Cl3O8S. The molecule has 0 aliphatic heterocycles. The summed E-state index contributed by atoms with van der Waals surface area (Å²) in [6, 6.07) is 6.54. The van der Waals surface area contributed by atoms with Crippen LogP contribution in [0, 0.1) is 5.92 Å². The number of halogens is 3. The maximum Gasteiger partial charge on any atom is 0.341 e. The van der Waals surface area contributed by atoms with Gasteiger partial charge in [-0.25, -0.2) is 13.2 Å². The van der Waals surface area contributed by atoms with Crippen molar-refractivity contribution in [1.82, 2.24) is 0 Å². The molecule has 1 N–H and O–H groups in total. The van der Waals surface area contributed by atoms with Crippen molar-refractivity contribution in [1.29, 1.82) is 0 Å². The van der Waals surface area contributed by atoms with Crippen LogP contribution in [0.2, 0.25) is 15.1 Å². The summed E-state index contributed by atoms with van der Waals surface area (Å²) in [5.41, 5.74) is -0.116. The van der Waals surface area contributed by atoms with E-state index in [2.05, 4.69) is 0 Å². The second-order valence-corrected chi connectivity index (χ2v) is 10.5. The van der Waals surface area contributed by atoms with E-state index in [9.17, 15) is 27.6 Å². The Bertz CT molecular complexity index is 1260. The Labute approximate surface area is 210 Å². The molecule has 0 heterocycles. The summed E-state index contributed by atoms with van der Waals surface area (Å²) in [5.74, 6) is -3.85. The molecule has 182 valence electrons. The maximum atomic E-state index is 12.3. The largest absolute Gasteiger partial charge is 0.494 e. The average Bonchev–Trinajstić information content (AvgIpc) is 2.74. The summed E-state index contributed by atoms with van der Waals surface area (Å²) in [6.45, 7) is 0. The second-order valence-electron chi connectivity index (χ2n) is 7.24. The molecule has 34 heavy (non-hydrogen) atoms. The third kappa shape index (κ3) is 6.35. The fourth-order valence-electron chi connectivity index (χ4n) is 3.21. The Morgan fingerprint density at radius 3 is 1.97 bits per heavy atom. The van der Waals surface area contributed by atoms with Crippen LogP contribution in [-0.2, 0) is 19.4 Å². The number of benzene rings is 2. The van der Waals surface area contributed by atoms with Gasteiger partial charge in [-0.05, 0) is 36.8 Å². The minimum absolute atomic E-state index is 0.00216. The number of carbonyl (C=O) groups is 4. The quantitative estimate of drug-likeness (QED) is 0.424. The summed E-state index contributed by atoms with van der Waals surface area (Å²) >= 11 is 17.3. The fourth-order valence-corrected chi connectivity index (χ4v) is 4.66. The van der Waals surface area contributed by atoms with Crippen molar-refractivity contribution in [3.05, 3.63) is 56.5 Å². The number of rotatable bonds is 5. The van der Waals surface area contributed by atoms with Gasteiger partial charge in [0.2, 0.25) is 0 Å². The molecule has 0 aromatic heterocycles. The first-order valence-electron chi connectivity index (χ1n) is 9.64. The van der Waals surface area contributed by atoms with Crippen molar-refractivity contribution in [2.75, 3.05) is 13.4 Å². The number of hydrogen-bond donors (Lipinski definition) is 1. The number of carboxylic acid groups (broad SMARTS) is 1. The lowest BCUT2D eigenvalue weighted by atomic mass is 9.82. The average molecular weight is 550 g/mol. The van der Waals surface area contributed by atoms with Crippen LogP contribution in [-0.4, -0.2) is 50.2 Å². The maximum absolute atomic E-state index is 12.3. The van der Waals surface area contributed by atoms with Gasteiger partial charge in [0.15, 0.2) is 32.9 Å². The standard InChI is InChI=1S/C14H13ClO5S.C8H6Cl2O3/c1-21(19,20)8-5-6-9(10(15)7-8)14(18)13-11(16)3-2-4-12(13)17;1-13-7-5(10)3-2-4(9)6(7)8(11)12/h5-7,13H,2-4H2,1H3;2-3H,1H3,(H,11,12). The van der Waals surface area contributed by atoms with Gasteiger partial charge in [-0.2, -0.15) is 0 Å². The predicted molar refractivity (Wildman–Crippen MR) is 126 cm³/mol. The van der Waals surface area contributed by atoms with Crippen molar-refractivity contribution in [2.45, 2.75) is 24.2 Å². The van der Waals surface area contributed by atoms with Gasteiger partial charge in [0, 0.05) is 24.7 Å². The van der Waals surface area contributed by atoms with E-state index >= 15 is 0 Å². The van der Waals surface area contributed by atoms with Crippen molar-refractivity contribution < 1.29 is 37.4 Å². The Balaban J connectivity index is 0.000000270. The third-order valence-corrected chi connectivity index (χ3v) is 6.90. The first kappa shape index (κ1) is 27.8. The normalized spacial score (nSPS) is 14.3. The molecule has 1 aliphatic carbocycles. The van der Waals surface area contributed by atoms with E-state index in [-0.39, 0.29) is 49.7 Å². The molecule has 0 saturated heterocycles. The molecule has 2 aromatic carbocycles. The highest BCUT2D eigenvalue weighted by molar-refractivity contribution is 7.90. The van der Waals surface area contributed by atoms with Gasteiger partial charge < -0.3 is 9.84 Å². The summed E-state index contributed by atoms with van der Waals surface area (Å²) in [7, 11) is -2.11. The molecule has 0 amide bonds. The van der Waals surface area contributed by atoms with Gasteiger partial charge in [0.05, 0.1) is 27.1 Å². The topological polar surface area (TPSA) is 132 Å². The van der Waals surface area contributed by atoms with E-state index < -0.39 is 39.1 Å². The Kier molecular flexibility index (Phi) is 9.24. The van der Waals surface area contributed by atoms with Gasteiger partial charge >= 0.3 is 5.97 Å². The van der Waals surface area contributed by atoms with Crippen molar-refractivity contribution in [3.63, 3.8) is 0 Å². The van der Waals surface area contributed by atoms with Crippen LogP contribution in [0.15, 0.2) is 35.2 Å². The lowest BCUT2D eigenvalue weighted by Gasteiger charge is -2.18. The molecule has 0 spiro atoms. The number of methoxy groups -OCH3 is 1. The van der Waals surface area contributed by atoms with E-state index in [0.717, 1.165) is 12.3 Å². The summed E-state index contributed by atoms with van der Waals surface area (Å²) in [5, 5.41) is 9.04. The molecule has 1 fully saturated rings. The van der Waals surface area contributed by atoms with Crippen LogP contribution in [0.25, 0.3) is 0 Å². The summed E-state index contributed by atoms with van der Waals surface area (Å²) in [4.78, 5) is 46.6. The van der Waals surface area contributed by atoms with Crippen molar-refractivity contribution in [2.24, 2.45) is 5.92 Å². The fraction of sp³-hybridized carbons (Fsp3) is 0.273. The van der Waals surface area contributed by atoms with Crippen LogP contribution < -0.4 is 4.74 Å². The summed E-state index contributed by atoms with van der Waals surface area (Å²) < 4.78 is 27.7. The third-order valence-electron chi connectivity index (χ3n) is 4.86. The van der Waals surface area contributed by atoms with Gasteiger partial charge in [0.25, 0.3) is 0 Å². The van der Waals surface area contributed by atoms with Gasteiger partial charge in [0.1, 0.15) is 11.5 Å². The number of ether oxygens (including phenoxy) is 1. The van der Waals surface area contributed by atoms with E-state index in [1.807, 2.05) is 0 Å². The van der Waals surface area contributed by atoms with E-state index in [1.54, 1.807) is 0 Å². The number of hydrogen-bond acceptors (Lipinski definition) is 7. The molecular weight excluding hydrogens is 531 g/mol. The van der Waals surface area contributed by atoms with E-state index in [0.29, 0.717) is 6.42 Å². The highest BCUT2D eigenvalue weighted by Crippen LogP contribution is 2.33. The minimum atomic E-state index is -3.44. The van der Waals surface area contributed by atoms with E-state index in [4.69, 9.17) is 44.6 Å². The molecule has 1 aliphatic rings. The molecule has 8 nitrogen and oxygen atoms in total. The molecule has 0 unspecified atom stereocenters. The van der Waals surface area contributed by atoms with Gasteiger partial charge in [-0.3, -0.25) is 14.4 Å². The lowest BCUT2D eigenvalue weighted by Crippen LogP contribution is -2.35. The predicted octanol–water partition coefficient (Wildman–Crippen LogP) is 4.56. The molecule has 12 heteroatoms. The first-order valence-corrected chi connectivity index (χ1v) is 12.7. The molecule has 3 rings (SSSR count). The first-order chi connectivity index (χ1) is 15.8. The zero-order chi connectivity index (χ0) is 25.8. The van der Waals surface area contributed by atoms with Crippen LogP contribution >= 0.6 is 34.8 Å². The second kappa shape index (κ2) is 11.3. The number of sulfone groups is 1. The molecule has 2 aromatic rings. The van der Waals surface area contributed by atoms with Gasteiger partial charge in [-0.1, -0.05) is 34.8 Å². The lowest BCUT2D eigenvalue weighted by molar-refractivity contribution is -0.133. The highest BCUT2D eigenvalue weighted by Gasteiger charge is 2.37. The molecule has 0 bridgehead atoms. The molecule has 0 radical (unpaired) electrons. The van der Waals surface area contributed by atoms with Crippen LogP contribution in [0.4, 0.5) is 0 Å². The smallest absolute Gasteiger partial charge is 0.341 e. The number of ketones is 3. The van der Waals surface area contributed by atoms with E-state index in [1.165, 1.54) is 31.4 Å². The monoisotopic (exact) mass is 548 g/mol. The Hall–Kier alpha value is -2.46. The van der Waals surface area contributed by atoms with Crippen LogP contribution in [0.1, 0.15) is 40.0 Å². The SMILES string of the molecule is COc1c(Cl)ccc(Cl)c1C(=O)O.CS(=O)(=O)c1ccc(C(=O)C2C(=O)CCCC2=O)c(Cl)c1. The van der Waals surface area contributed by atoms with Crippen LogP contribution in [0.3, 0.4) is 0 Å². The van der Waals surface area contributed by atoms with Gasteiger partial charge in [-0.15, -0.1) is 0 Å². The zero-order valence-electron chi connectivity index (χ0n) is 17.9. The number of carbonyl (C=O) groups excluding carboxylic acids is 3. The number of aromatic carboxylic acids is 1. The number of carboxylic acids is 1. The van der Waals surface area contributed by atoms with Crippen molar-refractivity contribution in [3.8, 4) is 5.75 Å². The summed E-state index contributed by atoms with van der Waals surface area (Å²) in [6.07, 6.45) is 1.87. The number of Topliss-reactive ketones (excluding diaryl/α,β-unsaturated/α-hetero) is 3.